The first kappa shape index (κ1) is 20.0. The number of likely N-dealkylation sites (tertiary alicyclic amines) is 1. The normalized spacial score (nSPS) is 14.6. The van der Waals surface area contributed by atoms with Gasteiger partial charge in [-0.2, -0.15) is 0 Å². The topological polar surface area (TPSA) is 106 Å². The predicted octanol–water partition coefficient (Wildman–Crippen LogP) is 1.05. The maximum Gasteiger partial charge on any atom is 0.339 e. The molecule has 0 radical (unpaired) electrons. The van der Waals surface area contributed by atoms with Gasteiger partial charge in [-0.05, 0) is 25.1 Å². The molecule has 1 aliphatic heterocycles. The molecule has 0 spiro atoms. The molecular weight excluding hydrogens is 391 g/mol. The Labute approximate surface area is 161 Å². The van der Waals surface area contributed by atoms with Gasteiger partial charge in [-0.15, -0.1) is 0 Å². The molecule has 1 saturated heterocycles. The number of halogens is 1. The number of ether oxygens (including phenoxy) is 1. The van der Waals surface area contributed by atoms with Gasteiger partial charge in [0.2, 0.25) is 15.9 Å². The number of amides is 1. The minimum Gasteiger partial charge on any atom is -0.486 e. The Bertz CT molecular complexity index is 1030. The number of carbonyl (C=O) groups is 1. The van der Waals surface area contributed by atoms with Crippen LogP contribution in [0.5, 0.6) is 5.75 Å². The summed E-state index contributed by atoms with van der Waals surface area (Å²) in [5, 5.41) is 0. The minimum atomic E-state index is -3.88. The Balaban J connectivity index is 1.43. The average molecular weight is 410 g/mol. The summed E-state index contributed by atoms with van der Waals surface area (Å²) in [6.45, 7) is 2.22. The molecule has 0 unspecified atom stereocenters. The van der Waals surface area contributed by atoms with Gasteiger partial charge in [-0.1, -0.05) is 6.07 Å². The zero-order valence-corrected chi connectivity index (χ0v) is 15.9. The molecule has 0 atom stereocenters. The molecule has 28 heavy (non-hydrogen) atoms. The third-order valence-corrected chi connectivity index (χ3v) is 5.57. The number of aryl methyl sites for hydroxylation is 1. The van der Waals surface area contributed by atoms with Crippen LogP contribution in [0.4, 0.5) is 4.39 Å². The van der Waals surface area contributed by atoms with Gasteiger partial charge in [0.15, 0.2) is 0 Å². The van der Waals surface area contributed by atoms with Crippen LogP contribution in [0.25, 0.3) is 0 Å². The number of benzene rings is 1. The van der Waals surface area contributed by atoms with Gasteiger partial charge >= 0.3 is 5.63 Å². The van der Waals surface area contributed by atoms with E-state index in [0.29, 0.717) is 24.6 Å². The highest BCUT2D eigenvalue weighted by molar-refractivity contribution is 7.89. The van der Waals surface area contributed by atoms with Gasteiger partial charge < -0.3 is 14.1 Å². The summed E-state index contributed by atoms with van der Waals surface area (Å²) in [5.41, 5.74) is -0.507. The smallest absolute Gasteiger partial charge is 0.339 e. The van der Waals surface area contributed by atoms with Crippen molar-refractivity contribution >= 4 is 15.9 Å². The van der Waals surface area contributed by atoms with Crippen molar-refractivity contribution in [3.8, 4) is 5.75 Å². The lowest BCUT2D eigenvalue weighted by molar-refractivity contribution is -0.139. The number of hydrogen-bond acceptors (Lipinski definition) is 6. The van der Waals surface area contributed by atoms with E-state index in [1.807, 2.05) is 0 Å². The first-order valence-electron chi connectivity index (χ1n) is 8.54. The highest BCUT2D eigenvalue weighted by atomic mass is 32.2. The van der Waals surface area contributed by atoms with E-state index >= 15 is 0 Å². The Morgan fingerprint density at radius 1 is 1.32 bits per heavy atom. The van der Waals surface area contributed by atoms with Crippen LogP contribution in [0.1, 0.15) is 12.2 Å². The van der Waals surface area contributed by atoms with Crippen molar-refractivity contribution in [3.05, 3.63) is 58.4 Å². The molecule has 1 fully saturated rings. The summed E-state index contributed by atoms with van der Waals surface area (Å²) in [5.74, 6) is -0.0726. The van der Waals surface area contributed by atoms with Gasteiger partial charge in [0, 0.05) is 19.0 Å². The van der Waals surface area contributed by atoms with Crippen molar-refractivity contribution in [2.75, 3.05) is 19.6 Å². The molecule has 1 amide bonds. The fourth-order valence-electron chi connectivity index (χ4n) is 2.72. The molecule has 10 heteroatoms. The average Bonchev–Trinajstić information content (AvgIpc) is 2.56. The Morgan fingerprint density at radius 2 is 2.07 bits per heavy atom. The molecule has 2 heterocycles. The second-order valence-corrected chi connectivity index (χ2v) is 8.13. The van der Waals surface area contributed by atoms with Crippen LogP contribution in [-0.2, 0) is 14.8 Å². The largest absolute Gasteiger partial charge is 0.486 e. The summed E-state index contributed by atoms with van der Waals surface area (Å²) in [7, 11) is -3.88. The van der Waals surface area contributed by atoms with E-state index in [1.54, 1.807) is 13.0 Å². The van der Waals surface area contributed by atoms with Gasteiger partial charge in [-0.3, -0.25) is 4.79 Å². The predicted molar refractivity (Wildman–Crippen MR) is 96.9 cm³/mol. The number of sulfonamides is 1. The number of carbonyl (C=O) groups excluding carboxylic acids is 1. The van der Waals surface area contributed by atoms with Crippen LogP contribution in [-0.4, -0.2) is 45.0 Å². The Hall–Kier alpha value is -2.72. The molecule has 0 saturated carbocycles. The van der Waals surface area contributed by atoms with E-state index in [0.717, 1.165) is 12.1 Å². The summed E-state index contributed by atoms with van der Waals surface area (Å²) in [4.78, 5) is 24.8. The van der Waals surface area contributed by atoms with Crippen molar-refractivity contribution < 1.29 is 26.8 Å². The highest BCUT2D eigenvalue weighted by Gasteiger charge is 2.32. The fourth-order valence-corrected chi connectivity index (χ4v) is 3.78. The van der Waals surface area contributed by atoms with E-state index in [4.69, 9.17) is 9.15 Å². The first-order chi connectivity index (χ1) is 13.2. The van der Waals surface area contributed by atoms with Crippen molar-refractivity contribution in [3.63, 3.8) is 0 Å². The van der Waals surface area contributed by atoms with Gasteiger partial charge in [0.05, 0.1) is 24.1 Å². The molecule has 0 bridgehead atoms. The number of nitrogens with zero attached hydrogens (tertiary/aromatic N) is 1. The number of hydrogen-bond donors (Lipinski definition) is 1. The molecule has 1 N–H and O–H groups in total. The summed E-state index contributed by atoms with van der Waals surface area (Å²) < 4.78 is 50.0. The number of rotatable bonds is 7. The monoisotopic (exact) mass is 410 g/mol. The lowest BCUT2D eigenvalue weighted by Crippen LogP contribution is -2.56. The van der Waals surface area contributed by atoms with Crippen LogP contribution in [0.15, 0.2) is 50.5 Å². The van der Waals surface area contributed by atoms with Crippen molar-refractivity contribution in [1.82, 2.24) is 9.62 Å². The van der Waals surface area contributed by atoms with E-state index in [9.17, 15) is 22.4 Å². The highest BCUT2D eigenvalue weighted by Crippen LogP contribution is 2.18. The molecule has 8 nitrogen and oxygen atoms in total. The number of nitrogens with one attached hydrogen (secondary N) is 1. The molecule has 3 rings (SSSR count). The van der Waals surface area contributed by atoms with Gasteiger partial charge in [-0.25, -0.2) is 22.3 Å². The summed E-state index contributed by atoms with van der Waals surface area (Å²) in [6, 6.07) is 7.46. The molecular formula is C18H19FN2O6S. The third kappa shape index (κ3) is 4.96. The van der Waals surface area contributed by atoms with Crippen molar-refractivity contribution in [1.29, 1.82) is 0 Å². The Kier molecular flexibility index (Phi) is 5.80. The molecule has 1 aliphatic rings. The summed E-state index contributed by atoms with van der Waals surface area (Å²) >= 11 is 0. The van der Waals surface area contributed by atoms with Crippen LogP contribution in [0.3, 0.4) is 0 Å². The van der Waals surface area contributed by atoms with Gasteiger partial charge in [0.1, 0.15) is 23.4 Å². The molecule has 2 aromatic rings. The van der Waals surface area contributed by atoms with E-state index in [-0.39, 0.29) is 29.9 Å². The lowest BCUT2D eigenvalue weighted by atomic mass is 10.1. The van der Waals surface area contributed by atoms with Gasteiger partial charge in [0.25, 0.3) is 0 Å². The summed E-state index contributed by atoms with van der Waals surface area (Å²) in [6.07, 6.45) is -0.274. The minimum absolute atomic E-state index is 0.0324. The van der Waals surface area contributed by atoms with Crippen LogP contribution in [0.2, 0.25) is 0 Å². The molecule has 150 valence electrons. The van der Waals surface area contributed by atoms with Crippen molar-refractivity contribution in [2.24, 2.45) is 0 Å². The second-order valence-electron chi connectivity index (χ2n) is 6.37. The van der Waals surface area contributed by atoms with Crippen LogP contribution in [0, 0.1) is 12.7 Å². The molecule has 1 aromatic heterocycles. The molecule has 1 aromatic carbocycles. The van der Waals surface area contributed by atoms with Crippen LogP contribution >= 0.6 is 0 Å². The van der Waals surface area contributed by atoms with E-state index < -0.39 is 21.5 Å². The molecule has 0 aliphatic carbocycles. The standard InChI is InChI=1S/C18H19FN2O6S/c1-12-7-14(9-18(23)26-12)27-15-10-21(11-15)17(22)5-6-20-28(24,25)16-4-2-3-13(19)8-16/h2-4,7-9,15,20H,5-6,10-11H2,1H3. The van der Waals surface area contributed by atoms with Crippen LogP contribution < -0.4 is 15.1 Å². The Morgan fingerprint density at radius 3 is 2.75 bits per heavy atom. The quantitative estimate of drug-likeness (QED) is 0.731. The lowest BCUT2D eigenvalue weighted by Gasteiger charge is -2.39. The zero-order valence-electron chi connectivity index (χ0n) is 15.1. The van der Waals surface area contributed by atoms with E-state index in [1.165, 1.54) is 23.1 Å². The SMILES string of the molecule is Cc1cc(OC2CN(C(=O)CCNS(=O)(=O)c3cccc(F)c3)C2)cc(=O)o1. The zero-order chi connectivity index (χ0) is 20.3. The first-order valence-corrected chi connectivity index (χ1v) is 10.0. The maximum atomic E-state index is 13.2. The maximum absolute atomic E-state index is 13.2. The third-order valence-electron chi connectivity index (χ3n) is 4.11. The fraction of sp³-hybridized carbons (Fsp3) is 0.333. The van der Waals surface area contributed by atoms with E-state index in [2.05, 4.69) is 4.72 Å². The van der Waals surface area contributed by atoms with Crippen molar-refractivity contribution in [2.45, 2.75) is 24.3 Å². The second kappa shape index (κ2) is 8.11.